The first kappa shape index (κ1) is 13.7. The van der Waals surface area contributed by atoms with Crippen molar-refractivity contribution in [2.45, 2.75) is 33.2 Å². The van der Waals surface area contributed by atoms with E-state index in [1.54, 1.807) is 0 Å². The van der Waals surface area contributed by atoms with Crippen molar-refractivity contribution in [3.05, 3.63) is 34.5 Å². The van der Waals surface area contributed by atoms with Crippen LogP contribution in [0.3, 0.4) is 0 Å². The molecule has 1 aromatic carbocycles. The predicted octanol–water partition coefficient (Wildman–Crippen LogP) is 2.39. The Labute approximate surface area is 122 Å². The van der Waals surface area contributed by atoms with Gasteiger partial charge in [-0.05, 0) is 44.4 Å². The van der Waals surface area contributed by atoms with E-state index in [9.17, 15) is 9.59 Å². The van der Waals surface area contributed by atoms with Gasteiger partial charge in [0.2, 0.25) is 0 Å². The summed E-state index contributed by atoms with van der Waals surface area (Å²) < 4.78 is 0. The van der Waals surface area contributed by atoms with E-state index in [1.165, 1.54) is 4.90 Å². The number of carboxylic acid groups (broad SMARTS) is 1. The Morgan fingerprint density at radius 3 is 2.57 bits per heavy atom. The number of nitrogens with zero attached hydrogens (tertiary/aromatic N) is 1. The van der Waals surface area contributed by atoms with E-state index in [-0.39, 0.29) is 5.91 Å². The molecule has 1 aliphatic heterocycles. The average Bonchev–Trinajstić information content (AvgIpc) is 2.65. The SMILES string of the molecule is Cc1cc(C)c2[nH]c(C(=O)N3CCC3C(=O)O)c(C)c2c1. The van der Waals surface area contributed by atoms with Gasteiger partial charge >= 0.3 is 5.97 Å². The van der Waals surface area contributed by atoms with E-state index in [1.807, 2.05) is 20.8 Å². The van der Waals surface area contributed by atoms with Crippen LogP contribution >= 0.6 is 0 Å². The highest BCUT2D eigenvalue weighted by molar-refractivity contribution is 6.03. The van der Waals surface area contributed by atoms with Gasteiger partial charge in [-0.1, -0.05) is 11.6 Å². The first-order valence-electron chi connectivity index (χ1n) is 7.03. The third kappa shape index (κ3) is 2.00. The highest BCUT2D eigenvalue weighted by atomic mass is 16.4. The highest BCUT2D eigenvalue weighted by Crippen LogP contribution is 2.29. The molecule has 1 fully saturated rings. The smallest absolute Gasteiger partial charge is 0.326 e. The Morgan fingerprint density at radius 2 is 2.00 bits per heavy atom. The van der Waals surface area contributed by atoms with Gasteiger partial charge in [0.1, 0.15) is 11.7 Å². The van der Waals surface area contributed by atoms with Gasteiger partial charge < -0.3 is 15.0 Å². The molecule has 2 heterocycles. The number of H-pyrrole nitrogens is 1. The van der Waals surface area contributed by atoms with Gasteiger partial charge in [0.05, 0.1) is 0 Å². The number of benzene rings is 1. The van der Waals surface area contributed by atoms with Gasteiger partial charge in [0, 0.05) is 17.4 Å². The Morgan fingerprint density at radius 1 is 1.29 bits per heavy atom. The number of carbonyl (C=O) groups is 2. The maximum atomic E-state index is 12.6. The lowest BCUT2D eigenvalue weighted by Gasteiger charge is -2.37. The number of aromatic amines is 1. The Kier molecular flexibility index (Phi) is 3.01. The van der Waals surface area contributed by atoms with Gasteiger partial charge in [0.15, 0.2) is 0 Å². The minimum absolute atomic E-state index is 0.223. The van der Waals surface area contributed by atoms with Crippen molar-refractivity contribution in [1.82, 2.24) is 9.88 Å². The molecule has 0 saturated carbocycles. The van der Waals surface area contributed by atoms with E-state index in [4.69, 9.17) is 5.11 Å². The largest absolute Gasteiger partial charge is 0.480 e. The van der Waals surface area contributed by atoms with Gasteiger partial charge in [-0.25, -0.2) is 4.79 Å². The fourth-order valence-corrected chi connectivity index (χ4v) is 3.03. The first-order valence-corrected chi connectivity index (χ1v) is 7.03. The predicted molar refractivity (Wildman–Crippen MR) is 79.6 cm³/mol. The van der Waals surface area contributed by atoms with Crippen LogP contribution in [0.15, 0.2) is 12.1 Å². The van der Waals surface area contributed by atoms with Crippen LogP contribution in [0.4, 0.5) is 0 Å². The molecule has 21 heavy (non-hydrogen) atoms. The monoisotopic (exact) mass is 286 g/mol. The second kappa shape index (κ2) is 4.62. The molecular formula is C16H18N2O3. The van der Waals surface area contributed by atoms with Crippen molar-refractivity contribution < 1.29 is 14.7 Å². The number of aliphatic carboxylic acids is 1. The van der Waals surface area contributed by atoms with Crippen molar-refractivity contribution in [2.75, 3.05) is 6.54 Å². The van der Waals surface area contributed by atoms with Crippen LogP contribution in [-0.2, 0) is 4.79 Å². The molecule has 5 nitrogen and oxygen atoms in total. The summed E-state index contributed by atoms with van der Waals surface area (Å²) in [5.41, 5.74) is 4.58. The number of nitrogens with one attached hydrogen (secondary N) is 1. The maximum absolute atomic E-state index is 12.6. The lowest BCUT2D eigenvalue weighted by Crippen LogP contribution is -2.55. The molecule has 1 saturated heterocycles. The van der Waals surface area contributed by atoms with Crippen LogP contribution in [0.25, 0.3) is 10.9 Å². The molecular weight excluding hydrogens is 268 g/mol. The van der Waals surface area contributed by atoms with Crippen molar-refractivity contribution in [3.63, 3.8) is 0 Å². The molecule has 0 spiro atoms. The fourth-order valence-electron chi connectivity index (χ4n) is 3.03. The lowest BCUT2D eigenvalue weighted by molar-refractivity contribution is -0.146. The summed E-state index contributed by atoms with van der Waals surface area (Å²) in [5, 5.41) is 10.1. The lowest BCUT2D eigenvalue weighted by atomic mass is 10.0. The number of likely N-dealkylation sites (tertiary alicyclic amines) is 1. The normalized spacial score (nSPS) is 17.9. The molecule has 1 aromatic heterocycles. The minimum Gasteiger partial charge on any atom is -0.480 e. The van der Waals surface area contributed by atoms with Crippen molar-refractivity contribution in [1.29, 1.82) is 0 Å². The molecule has 110 valence electrons. The van der Waals surface area contributed by atoms with E-state index < -0.39 is 12.0 Å². The van der Waals surface area contributed by atoms with Crippen molar-refractivity contribution >= 4 is 22.8 Å². The second-order valence-electron chi connectivity index (χ2n) is 5.77. The summed E-state index contributed by atoms with van der Waals surface area (Å²) in [4.78, 5) is 28.2. The summed E-state index contributed by atoms with van der Waals surface area (Å²) in [6.07, 6.45) is 0.526. The summed E-state index contributed by atoms with van der Waals surface area (Å²) in [7, 11) is 0. The van der Waals surface area contributed by atoms with Crippen molar-refractivity contribution in [3.8, 4) is 0 Å². The standard InChI is InChI=1S/C16H18N2O3/c1-8-6-9(2)13-11(7-8)10(3)14(17-13)15(19)18-5-4-12(18)16(20)21/h6-7,12,17H,4-5H2,1-3H3,(H,20,21). The Balaban J connectivity index is 2.05. The van der Waals surface area contributed by atoms with Gasteiger partial charge in [-0.15, -0.1) is 0 Å². The third-order valence-electron chi connectivity index (χ3n) is 4.29. The number of aryl methyl sites for hydroxylation is 3. The minimum atomic E-state index is -0.935. The van der Waals surface area contributed by atoms with Crippen LogP contribution in [0.2, 0.25) is 0 Å². The molecule has 5 heteroatoms. The Hall–Kier alpha value is -2.30. The van der Waals surface area contributed by atoms with Crippen molar-refractivity contribution in [2.24, 2.45) is 0 Å². The molecule has 2 N–H and O–H groups in total. The van der Waals surface area contributed by atoms with E-state index in [0.29, 0.717) is 18.7 Å². The summed E-state index contributed by atoms with van der Waals surface area (Å²) >= 11 is 0. The molecule has 1 amide bonds. The summed E-state index contributed by atoms with van der Waals surface area (Å²) in [6, 6.07) is 3.43. The average molecular weight is 286 g/mol. The number of carbonyl (C=O) groups excluding carboxylic acids is 1. The molecule has 0 radical (unpaired) electrons. The van der Waals surface area contributed by atoms with Crippen LogP contribution < -0.4 is 0 Å². The van der Waals surface area contributed by atoms with E-state index in [0.717, 1.165) is 27.6 Å². The topological polar surface area (TPSA) is 73.4 Å². The molecule has 1 unspecified atom stereocenters. The third-order valence-corrected chi connectivity index (χ3v) is 4.29. The number of aromatic nitrogens is 1. The van der Waals surface area contributed by atoms with E-state index >= 15 is 0 Å². The Bertz CT molecular complexity index is 760. The zero-order valence-electron chi connectivity index (χ0n) is 12.4. The number of hydrogen-bond acceptors (Lipinski definition) is 2. The molecule has 3 rings (SSSR count). The summed E-state index contributed by atoms with van der Waals surface area (Å²) in [5.74, 6) is -1.16. The van der Waals surface area contributed by atoms with Crippen LogP contribution in [0.1, 0.15) is 33.6 Å². The number of fused-ring (bicyclic) bond motifs is 1. The van der Waals surface area contributed by atoms with Gasteiger partial charge in [-0.2, -0.15) is 0 Å². The first-order chi connectivity index (χ1) is 9.90. The fraction of sp³-hybridized carbons (Fsp3) is 0.375. The number of rotatable bonds is 2. The molecule has 0 aliphatic carbocycles. The van der Waals surface area contributed by atoms with Crippen LogP contribution in [-0.4, -0.2) is 39.5 Å². The zero-order chi connectivity index (χ0) is 15.3. The maximum Gasteiger partial charge on any atom is 0.326 e. The quantitative estimate of drug-likeness (QED) is 0.890. The molecule has 1 aliphatic rings. The number of hydrogen-bond donors (Lipinski definition) is 2. The molecule has 0 bridgehead atoms. The van der Waals surface area contributed by atoms with Crippen LogP contribution in [0, 0.1) is 20.8 Å². The number of amides is 1. The van der Waals surface area contributed by atoms with E-state index in [2.05, 4.69) is 17.1 Å². The molecule has 2 aromatic rings. The van der Waals surface area contributed by atoms with Gasteiger partial charge in [0.25, 0.3) is 5.91 Å². The summed E-state index contributed by atoms with van der Waals surface area (Å²) in [6.45, 7) is 6.43. The number of carboxylic acids is 1. The second-order valence-corrected chi connectivity index (χ2v) is 5.77. The van der Waals surface area contributed by atoms with Crippen LogP contribution in [0.5, 0.6) is 0 Å². The molecule has 1 atom stereocenters. The van der Waals surface area contributed by atoms with Gasteiger partial charge in [-0.3, -0.25) is 4.79 Å². The highest BCUT2D eigenvalue weighted by Gasteiger charge is 2.39. The zero-order valence-corrected chi connectivity index (χ0v) is 12.4.